The van der Waals surface area contributed by atoms with E-state index in [2.05, 4.69) is 143 Å². The molecule has 0 N–H and O–H groups in total. The second kappa shape index (κ2) is 22.0. The van der Waals surface area contributed by atoms with Crippen molar-refractivity contribution < 1.29 is 26.6 Å². The minimum Gasteiger partial charge on any atom is -0.374 e. The third-order valence-electron chi connectivity index (χ3n) is 11.6. The van der Waals surface area contributed by atoms with E-state index in [0.29, 0.717) is 64.8 Å². The van der Waals surface area contributed by atoms with Gasteiger partial charge in [-0.25, -0.2) is 0 Å². The van der Waals surface area contributed by atoms with Gasteiger partial charge in [0.2, 0.25) is 0 Å². The molecule has 0 saturated carbocycles. The average molecular weight is 929 g/mol. The zero-order valence-electron chi connectivity index (χ0n) is 39.3. The van der Waals surface area contributed by atoms with Gasteiger partial charge in [0.1, 0.15) is 19.5 Å². The number of nitrogens with zero attached hydrogens (tertiary/aromatic N) is 6. The first kappa shape index (κ1) is 48.0. The fourth-order valence-corrected chi connectivity index (χ4v) is 17.8. The van der Waals surface area contributed by atoms with Gasteiger partial charge in [0.05, 0.1) is 12.4 Å². The van der Waals surface area contributed by atoms with E-state index in [0.717, 1.165) is 22.5 Å². The van der Waals surface area contributed by atoms with E-state index < -0.39 is 25.7 Å². The van der Waals surface area contributed by atoms with E-state index in [4.69, 9.17) is 26.6 Å². The highest BCUT2D eigenvalue weighted by Gasteiger charge is 2.44. The van der Waals surface area contributed by atoms with Crippen LogP contribution in [0.1, 0.15) is 63.8 Å². The Kier molecular flexibility index (Phi) is 16.3. The van der Waals surface area contributed by atoms with Crippen molar-refractivity contribution in [2.75, 3.05) is 39.6 Å². The molecule has 65 heavy (non-hydrogen) atoms. The van der Waals surface area contributed by atoms with Gasteiger partial charge in [-0.1, -0.05) is 133 Å². The molecule has 12 nitrogen and oxygen atoms in total. The van der Waals surface area contributed by atoms with Crippen LogP contribution in [0, 0.1) is 0 Å². The summed E-state index contributed by atoms with van der Waals surface area (Å²) in [5.74, 6) is 0. The van der Waals surface area contributed by atoms with Gasteiger partial charge in [-0.2, -0.15) is 0 Å². The Morgan fingerprint density at radius 1 is 0.415 bits per heavy atom. The molecule has 2 aromatic heterocycles. The van der Waals surface area contributed by atoms with Crippen molar-refractivity contribution in [2.45, 2.75) is 79.8 Å². The minimum atomic E-state index is -2.82. The number of hydrogen-bond acceptors (Lipinski definition) is 10. The monoisotopic (exact) mass is 928 g/mol. The van der Waals surface area contributed by atoms with Crippen LogP contribution < -0.4 is 0 Å². The Balaban J connectivity index is 1.21. The van der Waals surface area contributed by atoms with Crippen molar-refractivity contribution in [3.63, 3.8) is 0 Å². The lowest BCUT2D eigenvalue weighted by Gasteiger charge is -2.28. The van der Waals surface area contributed by atoms with Crippen LogP contribution in [-0.4, -0.2) is 95.3 Å². The van der Waals surface area contributed by atoms with Crippen molar-refractivity contribution >= 4 is 47.2 Å². The molecule has 0 aliphatic carbocycles. The summed E-state index contributed by atoms with van der Waals surface area (Å²) >= 11 is 0. The van der Waals surface area contributed by atoms with Crippen LogP contribution in [-0.2, 0) is 39.6 Å². The normalized spacial score (nSPS) is 14.2. The summed E-state index contributed by atoms with van der Waals surface area (Å²) in [6.07, 6.45) is 4.00. The highest BCUT2D eigenvalue weighted by molar-refractivity contribution is 7.13. The molecule has 0 fully saturated rings. The molecule has 4 aromatic carbocycles. The largest absolute Gasteiger partial charge is 0.502 e. The maximum Gasteiger partial charge on any atom is 0.502 e. The molecule has 15 heteroatoms. The zero-order chi connectivity index (χ0) is 45.9. The molecule has 1 aliphatic heterocycles. The predicted molar refractivity (Wildman–Crippen MR) is 266 cm³/mol. The van der Waals surface area contributed by atoms with E-state index in [-0.39, 0.29) is 0 Å². The molecule has 3 heterocycles. The van der Waals surface area contributed by atoms with Gasteiger partial charge in [-0.15, -0.1) is 10.2 Å². The van der Waals surface area contributed by atoms with Crippen LogP contribution in [0.15, 0.2) is 122 Å². The van der Waals surface area contributed by atoms with E-state index in [1.165, 1.54) is 43.8 Å². The van der Waals surface area contributed by atoms with E-state index in [9.17, 15) is 0 Å². The first-order valence-corrected chi connectivity index (χ1v) is 30.0. The maximum atomic E-state index is 6.09. The standard InChI is InChI=1S/C50H64N6O6Si3/c1-9-57-64(58-10-2,59-11-3)35-33-55-37-45(51-53-55)39-25-29-43(30-26-39)49-47(41-21-17-15-18-22-41)48(42-23-19-16-20-24-42)50(63(49,7)8)44-31-27-40(28-32-44)46-38-56(54-52-46)34-36-65(60-12-4,61-13-5)62-14-6/h15-32,37-38H,9-14,33-36H2,1-8H3. The predicted octanol–water partition coefficient (Wildman–Crippen LogP) is 10.6. The molecule has 6 aromatic rings. The molecule has 0 spiro atoms. The molecule has 0 amide bonds. The summed E-state index contributed by atoms with van der Waals surface area (Å²) in [4.78, 5) is 0. The Morgan fingerprint density at radius 2 is 0.723 bits per heavy atom. The first-order chi connectivity index (χ1) is 31.6. The lowest BCUT2D eigenvalue weighted by Crippen LogP contribution is -2.46. The highest BCUT2D eigenvalue weighted by atomic mass is 28.4. The van der Waals surface area contributed by atoms with Gasteiger partial charge in [0.25, 0.3) is 0 Å². The van der Waals surface area contributed by atoms with Gasteiger partial charge in [-0.05, 0) is 85.3 Å². The molecular formula is C50H64N6O6Si3. The number of aromatic nitrogens is 6. The van der Waals surface area contributed by atoms with Crippen molar-refractivity contribution in [1.82, 2.24) is 30.0 Å². The van der Waals surface area contributed by atoms with Crippen LogP contribution in [0.5, 0.6) is 0 Å². The van der Waals surface area contributed by atoms with E-state index >= 15 is 0 Å². The fraction of sp³-hybridized carbons (Fsp3) is 0.360. The van der Waals surface area contributed by atoms with Crippen LogP contribution in [0.2, 0.25) is 25.2 Å². The van der Waals surface area contributed by atoms with Gasteiger partial charge in [0, 0.05) is 75.9 Å². The third kappa shape index (κ3) is 10.9. The Morgan fingerprint density at radius 3 is 1.03 bits per heavy atom. The van der Waals surface area contributed by atoms with Crippen LogP contribution in [0.4, 0.5) is 0 Å². The number of allylic oxidation sites excluding steroid dienone is 2. The molecule has 0 unspecified atom stereocenters. The van der Waals surface area contributed by atoms with E-state index in [1.54, 1.807) is 0 Å². The third-order valence-corrected chi connectivity index (χ3v) is 21.2. The summed E-state index contributed by atoms with van der Waals surface area (Å²) in [7, 11) is -8.07. The Labute approximate surface area is 388 Å². The Hall–Kier alpha value is -4.95. The van der Waals surface area contributed by atoms with Gasteiger partial charge in [-0.3, -0.25) is 9.36 Å². The number of hydrogen-bond donors (Lipinski definition) is 0. The van der Waals surface area contributed by atoms with Crippen LogP contribution in [0.25, 0.3) is 44.1 Å². The maximum absolute atomic E-state index is 6.09. The molecule has 0 atom stereocenters. The second-order valence-corrected chi connectivity index (χ2v) is 25.9. The van der Waals surface area contributed by atoms with Gasteiger partial charge in [0.15, 0.2) is 0 Å². The minimum absolute atomic E-state index is 0.536. The van der Waals surface area contributed by atoms with Gasteiger partial charge >= 0.3 is 17.6 Å². The molecule has 0 saturated heterocycles. The van der Waals surface area contributed by atoms with Crippen LogP contribution in [0.3, 0.4) is 0 Å². The zero-order valence-corrected chi connectivity index (χ0v) is 42.3. The SMILES string of the molecule is CCO[Si](CCn1cc(-c2ccc(C3=C(c4ccccc4)C(c4ccccc4)=C(c4ccc(-c5cn(CC[Si](OCC)(OCC)OCC)nn5)cc4)[Si]3(C)C)cc2)nn1)(OCC)OCC. The smallest absolute Gasteiger partial charge is 0.374 e. The summed E-state index contributed by atoms with van der Waals surface area (Å²) in [5.41, 5.74) is 11.0. The fourth-order valence-electron chi connectivity index (χ4n) is 9.00. The lowest BCUT2D eigenvalue weighted by molar-refractivity contribution is 0.0691. The number of benzene rings is 4. The van der Waals surface area contributed by atoms with Crippen LogP contribution >= 0.6 is 0 Å². The molecular weight excluding hydrogens is 865 g/mol. The summed E-state index contributed by atoms with van der Waals surface area (Å²) in [5, 5.41) is 21.0. The molecule has 0 radical (unpaired) electrons. The Bertz CT molecular complexity index is 2300. The number of rotatable bonds is 24. The average Bonchev–Trinajstić information content (AvgIpc) is 4.06. The molecule has 0 bridgehead atoms. The quantitative estimate of drug-likeness (QED) is 0.0543. The van der Waals surface area contributed by atoms with Gasteiger partial charge < -0.3 is 26.6 Å². The molecule has 7 rings (SSSR count). The topological polar surface area (TPSA) is 117 Å². The number of aryl methyl sites for hydroxylation is 2. The molecule has 342 valence electrons. The van der Waals surface area contributed by atoms with Crippen molar-refractivity contribution in [1.29, 1.82) is 0 Å². The van der Waals surface area contributed by atoms with Crippen molar-refractivity contribution in [2.24, 2.45) is 0 Å². The molecule has 1 aliphatic rings. The summed E-state index contributed by atoms with van der Waals surface area (Å²) in [6, 6.07) is 40.7. The summed E-state index contributed by atoms with van der Waals surface area (Å²) < 4.78 is 40.2. The summed E-state index contributed by atoms with van der Waals surface area (Å²) in [6.45, 7) is 21.2. The first-order valence-electron chi connectivity index (χ1n) is 23.1. The second-order valence-electron chi connectivity index (χ2n) is 16.2. The van der Waals surface area contributed by atoms with E-state index in [1.807, 2.05) is 63.3 Å². The highest BCUT2D eigenvalue weighted by Crippen LogP contribution is 2.55. The van der Waals surface area contributed by atoms with Crippen molar-refractivity contribution in [3.8, 4) is 22.5 Å². The van der Waals surface area contributed by atoms with Crippen molar-refractivity contribution in [3.05, 3.63) is 144 Å². The lowest BCUT2D eigenvalue weighted by atomic mass is 9.89.